The highest BCUT2D eigenvalue weighted by molar-refractivity contribution is 5.09. The molecule has 2 fully saturated rings. The summed E-state index contributed by atoms with van der Waals surface area (Å²) in [5.74, 6) is 2.35. The smallest absolute Gasteiger partial charge is 0.0984 e. The highest BCUT2D eigenvalue weighted by Crippen LogP contribution is 2.57. The van der Waals surface area contributed by atoms with E-state index in [9.17, 15) is 5.11 Å². The fourth-order valence-corrected chi connectivity index (χ4v) is 3.25. The van der Waals surface area contributed by atoms with Crippen molar-refractivity contribution in [3.8, 4) is 0 Å². The number of aryl methyl sites for hydroxylation is 1. The molecule has 1 aromatic rings. The molecule has 88 valence electrons. The van der Waals surface area contributed by atoms with Crippen LogP contribution in [0.15, 0.2) is 12.3 Å². The highest BCUT2D eigenvalue weighted by Gasteiger charge is 2.48. The van der Waals surface area contributed by atoms with Crippen molar-refractivity contribution in [2.75, 3.05) is 0 Å². The van der Waals surface area contributed by atoms with Crippen molar-refractivity contribution in [1.82, 2.24) is 9.78 Å². The number of fused-ring (bicyclic) bond motifs is 1. The van der Waals surface area contributed by atoms with E-state index in [1.807, 2.05) is 16.9 Å². The number of hydrogen-bond acceptors (Lipinski definition) is 2. The van der Waals surface area contributed by atoms with Crippen molar-refractivity contribution in [1.29, 1.82) is 0 Å². The van der Waals surface area contributed by atoms with E-state index in [0.29, 0.717) is 5.92 Å². The van der Waals surface area contributed by atoms with Crippen molar-refractivity contribution < 1.29 is 5.11 Å². The molecule has 16 heavy (non-hydrogen) atoms. The van der Waals surface area contributed by atoms with Crippen LogP contribution in [0.5, 0.6) is 0 Å². The molecule has 0 aromatic carbocycles. The number of hydrogen-bond donors (Lipinski definition) is 1. The summed E-state index contributed by atoms with van der Waals surface area (Å²) < 4.78 is 1.97. The largest absolute Gasteiger partial charge is 0.387 e. The van der Waals surface area contributed by atoms with Crippen molar-refractivity contribution in [3.05, 3.63) is 18.0 Å². The van der Waals surface area contributed by atoms with Gasteiger partial charge in [-0.1, -0.05) is 6.92 Å². The first-order chi connectivity index (χ1) is 7.79. The molecule has 3 atom stereocenters. The normalized spacial score (nSPS) is 33.8. The molecule has 2 aliphatic rings. The molecule has 1 N–H and O–H groups in total. The molecule has 3 unspecified atom stereocenters. The van der Waals surface area contributed by atoms with Gasteiger partial charge in [0.15, 0.2) is 0 Å². The van der Waals surface area contributed by atoms with Gasteiger partial charge in [0.05, 0.1) is 11.8 Å². The van der Waals surface area contributed by atoms with E-state index in [2.05, 4.69) is 12.0 Å². The third-order valence-electron chi connectivity index (χ3n) is 4.21. The van der Waals surface area contributed by atoms with E-state index in [1.165, 1.54) is 19.3 Å². The maximum atomic E-state index is 10.4. The summed E-state index contributed by atoms with van der Waals surface area (Å²) in [7, 11) is 0. The van der Waals surface area contributed by atoms with Crippen LogP contribution in [-0.2, 0) is 6.54 Å². The third kappa shape index (κ3) is 1.67. The molecule has 1 aromatic heterocycles. The fraction of sp³-hybridized carbons (Fsp3) is 0.769. The Bertz CT molecular complexity index is 364. The minimum absolute atomic E-state index is 0.290. The average Bonchev–Trinajstić information content (AvgIpc) is 2.74. The lowest BCUT2D eigenvalue weighted by atomic mass is 9.94. The van der Waals surface area contributed by atoms with Crippen LogP contribution < -0.4 is 0 Å². The van der Waals surface area contributed by atoms with Crippen LogP contribution in [0.3, 0.4) is 0 Å². The van der Waals surface area contributed by atoms with E-state index >= 15 is 0 Å². The number of nitrogens with zero attached hydrogens (tertiary/aromatic N) is 2. The molecular formula is C13H20N2O. The predicted octanol–water partition coefficient (Wildman–Crippen LogP) is 2.37. The molecule has 2 saturated carbocycles. The summed E-state index contributed by atoms with van der Waals surface area (Å²) in [6.07, 6.45) is 6.45. The minimum Gasteiger partial charge on any atom is -0.387 e. The van der Waals surface area contributed by atoms with Crippen LogP contribution in [0.2, 0.25) is 0 Å². The summed E-state index contributed by atoms with van der Waals surface area (Å²) >= 11 is 0. The van der Waals surface area contributed by atoms with Gasteiger partial charge < -0.3 is 5.11 Å². The first-order valence-corrected chi connectivity index (χ1v) is 6.49. The van der Waals surface area contributed by atoms with E-state index in [1.54, 1.807) is 0 Å². The van der Waals surface area contributed by atoms with Gasteiger partial charge in [-0.15, -0.1) is 0 Å². The monoisotopic (exact) mass is 220 g/mol. The molecule has 2 aliphatic carbocycles. The number of rotatable bonds is 4. The molecule has 3 rings (SSSR count). The van der Waals surface area contributed by atoms with Crippen LogP contribution in [0.1, 0.15) is 44.4 Å². The first-order valence-electron chi connectivity index (χ1n) is 6.49. The van der Waals surface area contributed by atoms with E-state index in [4.69, 9.17) is 0 Å². The summed E-state index contributed by atoms with van der Waals surface area (Å²) in [4.78, 5) is 0. The maximum absolute atomic E-state index is 10.4. The Morgan fingerprint density at radius 3 is 2.88 bits per heavy atom. The van der Waals surface area contributed by atoms with Crippen molar-refractivity contribution in [2.45, 2.75) is 45.3 Å². The first kappa shape index (κ1) is 10.3. The topological polar surface area (TPSA) is 38.0 Å². The lowest BCUT2D eigenvalue weighted by molar-refractivity contribution is 0.0951. The number of aliphatic hydroxyl groups excluding tert-OH is 1. The molecule has 3 heteroatoms. The van der Waals surface area contributed by atoms with Crippen LogP contribution in [0.4, 0.5) is 0 Å². The molecule has 0 aliphatic heterocycles. The summed E-state index contributed by atoms with van der Waals surface area (Å²) in [6, 6.07) is 1.98. The SMILES string of the molecule is CCCn1nccc1C(O)C1CC2CC2C1. The maximum Gasteiger partial charge on any atom is 0.0984 e. The molecule has 0 saturated heterocycles. The third-order valence-corrected chi connectivity index (χ3v) is 4.21. The summed E-state index contributed by atoms with van der Waals surface area (Å²) in [6.45, 7) is 3.06. The Morgan fingerprint density at radius 2 is 2.19 bits per heavy atom. The molecule has 0 bridgehead atoms. The Morgan fingerprint density at radius 1 is 1.44 bits per heavy atom. The molecule has 0 amide bonds. The van der Waals surface area contributed by atoms with Crippen LogP contribution >= 0.6 is 0 Å². The van der Waals surface area contributed by atoms with Gasteiger partial charge in [-0.25, -0.2) is 0 Å². The predicted molar refractivity (Wildman–Crippen MR) is 61.8 cm³/mol. The fourth-order valence-electron chi connectivity index (χ4n) is 3.25. The molecule has 0 spiro atoms. The highest BCUT2D eigenvalue weighted by atomic mass is 16.3. The van der Waals surface area contributed by atoms with Crippen molar-refractivity contribution in [3.63, 3.8) is 0 Å². The van der Waals surface area contributed by atoms with E-state index < -0.39 is 0 Å². The van der Waals surface area contributed by atoms with Crippen LogP contribution in [0, 0.1) is 17.8 Å². The van der Waals surface area contributed by atoms with Crippen molar-refractivity contribution >= 4 is 0 Å². The van der Waals surface area contributed by atoms with E-state index in [-0.39, 0.29) is 6.10 Å². The Balaban J connectivity index is 1.72. The second-order valence-corrected chi connectivity index (χ2v) is 5.41. The lowest BCUT2D eigenvalue weighted by Crippen LogP contribution is -2.16. The van der Waals surface area contributed by atoms with Gasteiger partial charge in [0, 0.05) is 12.7 Å². The van der Waals surface area contributed by atoms with Gasteiger partial charge in [-0.3, -0.25) is 4.68 Å². The Kier molecular flexibility index (Phi) is 2.51. The summed E-state index contributed by atoms with van der Waals surface area (Å²) in [5, 5.41) is 14.7. The van der Waals surface area contributed by atoms with Gasteiger partial charge in [0.2, 0.25) is 0 Å². The second kappa shape index (κ2) is 3.88. The Labute approximate surface area is 96.5 Å². The standard InChI is InChI=1S/C13H20N2O/c1-2-5-15-12(3-4-14-15)13(16)11-7-9-6-10(9)8-11/h3-4,9-11,13,16H,2,5-8H2,1H3. The molecule has 1 heterocycles. The molecular weight excluding hydrogens is 200 g/mol. The van der Waals surface area contributed by atoms with Gasteiger partial charge in [-0.2, -0.15) is 5.10 Å². The number of aromatic nitrogens is 2. The molecule has 0 radical (unpaired) electrons. The van der Waals surface area contributed by atoms with Crippen molar-refractivity contribution in [2.24, 2.45) is 17.8 Å². The van der Waals surface area contributed by atoms with E-state index in [0.717, 1.165) is 30.5 Å². The quantitative estimate of drug-likeness (QED) is 0.846. The zero-order valence-corrected chi connectivity index (χ0v) is 9.84. The van der Waals surface area contributed by atoms with Crippen LogP contribution in [0.25, 0.3) is 0 Å². The Hall–Kier alpha value is -0.830. The zero-order valence-electron chi connectivity index (χ0n) is 9.84. The van der Waals surface area contributed by atoms with Crippen LogP contribution in [-0.4, -0.2) is 14.9 Å². The van der Waals surface area contributed by atoms with Gasteiger partial charge in [0.25, 0.3) is 0 Å². The lowest BCUT2D eigenvalue weighted by Gasteiger charge is -2.20. The average molecular weight is 220 g/mol. The number of aliphatic hydroxyl groups is 1. The summed E-state index contributed by atoms with van der Waals surface area (Å²) in [5.41, 5.74) is 1.02. The second-order valence-electron chi connectivity index (χ2n) is 5.41. The molecule has 3 nitrogen and oxygen atoms in total. The van der Waals surface area contributed by atoms with Gasteiger partial charge in [-0.05, 0) is 49.5 Å². The minimum atomic E-state index is -0.290. The zero-order chi connectivity index (χ0) is 11.1. The van der Waals surface area contributed by atoms with Gasteiger partial charge in [0.1, 0.15) is 0 Å². The van der Waals surface area contributed by atoms with Gasteiger partial charge >= 0.3 is 0 Å².